The number of benzene rings is 1. The number of likely N-dealkylation sites (tertiary alicyclic amines) is 2. The minimum absolute atomic E-state index is 0.195. The number of amides is 1. The Morgan fingerprint density at radius 2 is 1.93 bits per heavy atom. The normalized spacial score (nSPS) is 22.1. The van der Waals surface area contributed by atoms with Gasteiger partial charge in [-0.1, -0.05) is 30.3 Å². The summed E-state index contributed by atoms with van der Waals surface area (Å²) in [6.45, 7) is 2.92. The largest absolute Gasteiger partial charge is 0.391 e. The molecule has 7 heteroatoms. The van der Waals surface area contributed by atoms with Gasteiger partial charge in [-0.3, -0.25) is 9.69 Å². The number of β-amino-alcohol motifs (C(OH)–C–C–N with tert-alkyl or cyclic N) is 1. The standard InChI is InChI=1S/C23H27N5O2/c1-26-16-19(29)11-23(22(26)30)7-9-27(10-8-23)14-17-12-24-21-20(13-25-28(21)15-17)18-5-3-2-4-6-18/h2-6,12-13,15,19,29H,7-11,14,16H2,1H3. The van der Waals surface area contributed by atoms with Gasteiger partial charge in [-0.25, -0.2) is 9.50 Å². The van der Waals surface area contributed by atoms with Crippen LogP contribution in [-0.2, 0) is 11.3 Å². The monoisotopic (exact) mass is 405 g/mol. The van der Waals surface area contributed by atoms with E-state index in [1.807, 2.05) is 41.3 Å². The van der Waals surface area contributed by atoms with Crippen LogP contribution < -0.4 is 0 Å². The van der Waals surface area contributed by atoms with E-state index < -0.39 is 11.5 Å². The van der Waals surface area contributed by atoms with Gasteiger partial charge in [0.1, 0.15) is 0 Å². The molecule has 7 nitrogen and oxygen atoms in total. The molecule has 0 aliphatic carbocycles. The summed E-state index contributed by atoms with van der Waals surface area (Å²) < 4.78 is 1.85. The zero-order valence-corrected chi connectivity index (χ0v) is 17.2. The minimum Gasteiger partial charge on any atom is -0.391 e. The van der Waals surface area contributed by atoms with Crippen LogP contribution in [-0.4, -0.2) is 68.2 Å². The Bertz CT molecular complexity index is 1060. The Labute approximate surface area is 175 Å². The first-order valence-corrected chi connectivity index (χ1v) is 10.6. The maximum atomic E-state index is 12.8. The van der Waals surface area contributed by atoms with E-state index in [1.54, 1.807) is 11.9 Å². The molecule has 1 aromatic carbocycles. The quantitative estimate of drug-likeness (QED) is 0.723. The van der Waals surface area contributed by atoms with Crippen LogP contribution in [0.4, 0.5) is 0 Å². The molecule has 5 rings (SSSR count). The van der Waals surface area contributed by atoms with Crippen molar-refractivity contribution in [2.24, 2.45) is 5.41 Å². The van der Waals surface area contributed by atoms with Gasteiger partial charge in [-0.2, -0.15) is 5.10 Å². The zero-order chi connectivity index (χ0) is 20.7. The van der Waals surface area contributed by atoms with Crippen LogP contribution in [0, 0.1) is 5.41 Å². The molecule has 4 heterocycles. The first-order chi connectivity index (χ1) is 14.5. The fourth-order valence-electron chi connectivity index (χ4n) is 5.04. The van der Waals surface area contributed by atoms with Crippen molar-refractivity contribution < 1.29 is 9.90 Å². The van der Waals surface area contributed by atoms with Crippen LogP contribution in [0.15, 0.2) is 48.9 Å². The lowest BCUT2D eigenvalue weighted by Gasteiger charge is -2.47. The molecule has 1 atom stereocenters. The number of hydrogen-bond acceptors (Lipinski definition) is 5. The number of carbonyl (C=O) groups is 1. The van der Waals surface area contributed by atoms with Crippen LogP contribution in [0.1, 0.15) is 24.8 Å². The van der Waals surface area contributed by atoms with E-state index in [2.05, 4.69) is 27.1 Å². The first kappa shape index (κ1) is 19.2. The molecule has 2 fully saturated rings. The molecular weight excluding hydrogens is 378 g/mol. The number of aliphatic hydroxyl groups is 1. The fourth-order valence-corrected chi connectivity index (χ4v) is 5.04. The maximum absolute atomic E-state index is 12.8. The second-order valence-electron chi connectivity index (χ2n) is 8.75. The predicted molar refractivity (Wildman–Crippen MR) is 114 cm³/mol. The number of likely N-dealkylation sites (N-methyl/N-ethyl adjacent to an activating group) is 1. The molecule has 1 N–H and O–H groups in total. The number of nitrogens with zero attached hydrogens (tertiary/aromatic N) is 5. The highest BCUT2D eigenvalue weighted by molar-refractivity contribution is 5.83. The van der Waals surface area contributed by atoms with Crippen molar-refractivity contribution in [2.45, 2.75) is 31.9 Å². The van der Waals surface area contributed by atoms with Crippen molar-refractivity contribution in [3.05, 3.63) is 54.5 Å². The highest BCUT2D eigenvalue weighted by Gasteiger charge is 2.47. The number of rotatable bonds is 3. The van der Waals surface area contributed by atoms with Crippen LogP contribution in [0.25, 0.3) is 16.8 Å². The van der Waals surface area contributed by atoms with Gasteiger partial charge in [-0.15, -0.1) is 0 Å². The number of aliphatic hydroxyl groups excluding tert-OH is 1. The zero-order valence-electron chi connectivity index (χ0n) is 17.2. The summed E-state index contributed by atoms with van der Waals surface area (Å²) >= 11 is 0. The van der Waals surface area contributed by atoms with E-state index in [1.165, 1.54) is 0 Å². The van der Waals surface area contributed by atoms with E-state index in [-0.39, 0.29) is 5.91 Å². The smallest absolute Gasteiger partial charge is 0.228 e. The molecule has 2 aliphatic rings. The average molecular weight is 406 g/mol. The highest BCUT2D eigenvalue weighted by Crippen LogP contribution is 2.40. The van der Waals surface area contributed by atoms with Gasteiger partial charge in [0.2, 0.25) is 5.91 Å². The Kier molecular flexibility index (Phi) is 4.79. The van der Waals surface area contributed by atoms with E-state index in [0.717, 1.165) is 54.8 Å². The van der Waals surface area contributed by atoms with Crippen molar-refractivity contribution in [3.8, 4) is 11.1 Å². The summed E-state index contributed by atoms with van der Waals surface area (Å²) in [5.74, 6) is 0.195. The summed E-state index contributed by atoms with van der Waals surface area (Å²) in [7, 11) is 1.80. The molecule has 30 heavy (non-hydrogen) atoms. The average Bonchev–Trinajstić information content (AvgIpc) is 3.17. The second kappa shape index (κ2) is 7.49. The Morgan fingerprint density at radius 3 is 2.70 bits per heavy atom. The van der Waals surface area contributed by atoms with E-state index in [4.69, 9.17) is 0 Å². The molecule has 156 valence electrons. The first-order valence-electron chi connectivity index (χ1n) is 10.6. The van der Waals surface area contributed by atoms with Gasteiger partial charge in [0.15, 0.2) is 5.65 Å². The number of carbonyl (C=O) groups excluding carboxylic acids is 1. The van der Waals surface area contributed by atoms with Gasteiger partial charge in [-0.05, 0) is 37.9 Å². The minimum atomic E-state index is -0.413. The number of aromatic nitrogens is 3. The van der Waals surface area contributed by atoms with Crippen molar-refractivity contribution >= 4 is 11.6 Å². The van der Waals surface area contributed by atoms with Gasteiger partial charge in [0, 0.05) is 43.7 Å². The van der Waals surface area contributed by atoms with E-state index in [0.29, 0.717) is 13.0 Å². The second-order valence-corrected chi connectivity index (χ2v) is 8.75. The fraction of sp³-hybridized carbons (Fsp3) is 0.435. The van der Waals surface area contributed by atoms with E-state index in [9.17, 15) is 9.90 Å². The SMILES string of the molecule is CN1CC(O)CC2(CCN(Cc3cnc4c(-c5ccccc5)cnn4c3)CC2)C1=O. The van der Waals surface area contributed by atoms with Crippen molar-refractivity contribution in [3.63, 3.8) is 0 Å². The third kappa shape index (κ3) is 3.38. The van der Waals surface area contributed by atoms with Crippen LogP contribution in [0.3, 0.4) is 0 Å². The van der Waals surface area contributed by atoms with Gasteiger partial charge in [0.25, 0.3) is 0 Å². The summed E-state index contributed by atoms with van der Waals surface area (Å²) in [6, 6.07) is 10.2. The van der Waals surface area contributed by atoms with Gasteiger partial charge < -0.3 is 10.0 Å². The summed E-state index contributed by atoms with van der Waals surface area (Å²) in [6.07, 6.45) is 7.60. The van der Waals surface area contributed by atoms with Gasteiger partial charge >= 0.3 is 0 Å². The number of hydrogen-bond donors (Lipinski definition) is 1. The van der Waals surface area contributed by atoms with Crippen molar-refractivity contribution in [1.82, 2.24) is 24.4 Å². The van der Waals surface area contributed by atoms with Gasteiger partial charge in [0.05, 0.1) is 17.7 Å². The number of fused-ring (bicyclic) bond motifs is 1. The van der Waals surface area contributed by atoms with Crippen molar-refractivity contribution in [1.29, 1.82) is 0 Å². The molecule has 2 aromatic heterocycles. The summed E-state index contributed by atoms with van der Waals surface area (Å²) in [5, 5.41) is 14.7. The van der Waals surface area contributed by atoms with Crippen LogP contribution in [0.5, 0.6) is 0 Å². The summed E-state index contributed by atoms with van der Waals surface area (Å²) in [4.78, 5) is 21.5. The highest BCUT2D eigenvalue weighted by atomic mass is 16.3. The molecule has 0 radical (unpaired) electrons. The molecule has 2 saturated heterocycles. The molecule has 0 bridgehead atoms. The third-order valence-electron chi connectivity index (χ3n) is 6.63. The maximum Gasteiger partial charge on any atom is 0.228 e. The lowest BCUT2D eigenvalue weighted by molar-refractivity contribution is -0.154. The molecule has 1 amide bonds. The third-order valence-corrected chi connectivity index (χ3v) is 6.63. The molecule has 1 unspecified atom stereocenters. The van der Waals surface area contributed by atoms with Crippen LogP contribution >= 0.6 is 0 Å². The molecule has 3 aromatic rings. The predicted octanol–water partition coefficient (Wildman–Crippen LogP) is 2.20. The van der Waals surface area contributed by atoms with E-state index >= 15 is 0 Å². The Balaban J connectivity index is 1.29. The van der Waals surface area contributed by atoms with Crippen LogP contribution in [0.2, 0.25) is 0 Å². The molecule has 2 aliphatic heterocycles. The lowest BCUT2D eigenvalue weighted by Crippen LogP contribution is -2.56. The summed E-state index contributed by atoms with van der Waals surface area (Å²) in [5.41, 5.74) is 3.71. The number of piperidine rings is 2. The molecule has 0 saturated carbocycles. The molecular formula is C23H27N5O2. The Morgan fingerprint density at radius 1 is 1.17 bits per heavy atom. The molecule has 1 spiro atoms. The van der Waals surface area contributed by atoms with Crippen molar-refractivity contribution in [2.75, 3.05) is 26.7 Å². The topological polar surface area (TPSA) is 74.0 Å². The lowest BCUT2D eigenvalue weighted by atomic mass is 9.71. The Hall–Kier alpha value is -2.77.